The van der Waals surface area contributed by atoms with Crippen molar-refractivity contribution in [3.05, 3.63) is 35.9 Å². The molecule has 1 aromatic rings. The van der Waals surface area contributed by atoms with Gasteiger partial charge < -0.3 is 15.7 Å². The van der Waals surface area contributed by atoms with Crippen LogP contribution in [0.5, 0.6) is 0 Å². The van der Waals surface area contributed by atoms with E-state index in [9.17, 15) is 4.79 Å². The average Bonchev–Trinajstić information content (AvgIpc) is 2.53. The van der Waals surface area contributed by atoms with E-state index in [0.717, 1.165) is 32.4 Å². The van der Waals surface area contributed by atoms with E-state index in [-0.39, 0.29) is 12.5 Å². The van der Waals surface area contributed by atoms with E-state index < -0.39 is 6.04 Å². The number of aliphatic hydroxyl groups excluding tert-OH is 1. The minimum Gasteiger partial charge on any atom is -0.396 e. The molecule has 1 aromatic carbocycles. The summed E-state index contributed by atoms with van der Waals surface area (Å²) < 4.78 is 0. The molecular formula is C16H24N2O2. The molecule has 1 aliphatic heterocycles. The molecule has 3 N–H and O–H groups in total. The average molecular weight is 276 g/mol. The number of nitrogens with two attached hydrogens (primary N) is 1. The maximum absolute atomic E-state index is 12.3. The highest BCUT2D eigenvalue weighted by Gasteiger charge is 2.25. The monoisotopic (exact) mass is 276 g/mol. The second kappa shape index (κ2) is 7.41. The maximum atomic E-state index is 12.3. The topological polar surface area (TPSA) is 66.6 Å². The van der Waals surface area contributed by atoms with Crippen molar-refractivity contribution in [3.63, 3.8) is 0 Å². The lowest BCUT2D eigenvalue weighted by atomic mass is 9.97. The highest BCUT2D eigenvalue weighted by Crippen LogP contribution is 2.17. The number of benzene rings is 1. The number of rotatable bonds is 5. The van der Waals surface area contributed by atoms with Crippen LogP contribution in [0, 0.1) is 5.92 Å². The molecule has 0 unspecified atom stereocenters. The van der Waals surface area contributed by atoms with Crippen LogP contribution in [0.2, 0.25) is 0 Å². The zero-order chi connectivity index (χ0) is 14.4. The lowest BCUT2D eigenvalue weighted by Crippen LogP contribution is -2.47. The molecule has 0 aliphatic carbocycles. The quantitative estimate of drug-likeness (QED) is 0.848. The van der Waals surface area contributed by atoms with E-state index in [2.05, 4.69) is 12.1 Å². The van der Waals surface area contributed by atoms with Crippen LogP contribution in [0.4, 0.5) is 0 Å². The number of aliphatic hydroxyl groups is 1. The van der Waals surface area contributed by atoms with Gasteiger partial charge in [0.25, 0.3) is 0 Å². The molecule has 4 heteroatoms. The van der Waals surface area contributed by atoms with Crippen molar-refractivity contribution in [1.82, 2.24) is 4.90 Å². The summed E-state index contributed by atoms with van der Waals surface area (Å²) in [7, 11) is 0. The minimum atomic E-state index is -0.416. The standard InChI is InChI=1S/C16H24N2O2/c17-15(7-6-13-4-2-1-3-5-13)16(20)18-10-8-14(12-19)9-11-18/h1-5,14-15,19H,6-12,17H2/t15-/m0/s1. The maximum Gasteiger partial charge on any atom is 0.239 e. The SMILES string of the molecule is N[C@@H](CCc1ccccc1)C(=O)N1CCC(CO)CC1. The van der Waals surface area contributed by atoms with Crippen LogP contribution < -0.4 is 5.73 Å². The third-order valence-electron chi connectivity index (χ3n) is 4.09. The zero-order valence-electron chi connectivity index (χ0n) is 11.9. The third kappa shape index (κ3) is 4.05. The first kappa shape index (κ1) is 15.0. The molecule has 20 heavy (non-hydrogen) atoms. The Hall–Kier alpha value is -1.39. The number of hydrogen-bond acceptors (Lipinski definition) is 3. The van der Waals surface area contributed by atoms with E-state index in [1.165, 1.54) is 5.56 Å². The van der Waals surface area contributed by atoms with Gasteiger partial charge in [-0.25, -0.2) is 0 Å². The van der Waals surface area contributed by atoms with Crippen LogP contribution in [0.3, 0.4) is 0 Å². The van der Waals surface area contributed by atoms with Gasteiger partial charge in [0.2, 0.25) is 5.91 Å². The number of carbonyl (C=O) groups excluding carboxylic acids is 1. The summed E-state index contributed by atoms with van der Waals surface area (Å²) in [4.78, 5) is 14.1. The summed E-state index contributed by atoms with van der Waals surface area (Å²) in [6, 6.07) is 9.69. The Morgan fingerprint density at radius 3 is 2.55 bits per heavy atom. The van der Waals surface area contributed by atoms with E-state index in [0.29, 0.717) is 12.3 Å². The predicted octanol–water partition coefficient (Wildman–Crippen LogP) is 1.18. The Morgan fingerprint density at radius 2 is 1.95 bits per heavy atom. The number of likely N-dealkylation sites (tertiary alicyclic amines) is 1. The first-order valence-corrected chi connectivity index (χ1v) is 7.40. The van der Waals surface area contributed by atoms with Crippen molar-refractivity contribution in [2.24, 2.45) is 11.7 Å². The van der Waals surface area contributed by atoms with Gasteiger partial charge in [-0.2, -0.15) is 0 Å². The van der Waals surface area contributed by atoms with Crippen LogP contribution in [-0.4, -0.2) is 41.7 Å². The molecular weight excluding hydrogens is 252 g/mol. The molecule has 4 nitrogen and oxygen atoms in total. The fourth-order valence-electron chi connectivity index (χ4n) is 2.66. The highest BCUT2D eigenvalue weighted by molar-refractivity contribution is 5.81. The number of piperidine rings is 1. The summed E-state index contributed by atoms with van der Waals surface area (Å²) in [6.45, 7) is 1.67. The van der Waals surface area contributed by atoms with Crippen molar-refractivity contribution in [3.8, 4) is 0 Å². The second-order valence-electron chi connectivity index (χ2n) is 5.58. The predicted molar refractivity (Wildman–Crippen MR) is 79.1 cm³/mol. The molecule has 0 spiro atoms. The van der Waals surface area contributed by atoms with Gasteiger partial charge in [0, 0.05) is 19.7 Å². The van der Waals surface area contributed by atoms with E-state index >= 15 is 0 Å². The Balaban J connectivity index is 1.77. The molecule has 0 saturated carbocycles. The summed E-state index contributed by atoms with van der Waals surface area (Å²) in [5.41, 5.74) is 7.24. The first-order chi connectivity index (χ1) is 9.70. The molecule has 1 heterocycles. The Bertz CT molecular complexity index is 414. The Labute approximate surface area is 120 Å². The third-order valence-corrected chi connectivity index (χ3v) is 4.09. The van der Waals surface area contributed by atoms with Crippen molar-refractivity contribution in [2.75, 3.05) is 19.7 Å². The smallest absolute Gasteiger partial charge is 0.239 e. The first-order valence-electron chi connectivity index (χ1n) is 7.40. The van der Waals surface area contributed by atoms with Crippen molar-refractivity contribution >= 4 is 5.91 Å². The van der Waals surface area contributed by atoms with Gasteiger partial charge in [0.15, 0.2) is 0 Å². The number of amides is 1. The lowest BCUT2D eigenvalue weighted by Gasteiger charge is -2.32. The number of hydrogen-bond donors (Lipinski definition) is 2. The lowest BCUT2D eigenvalue weighted by molar-refractivity contribution is -0.134. The number of aryl methyl sites for hydroxylation is 1. The summed E-state index contributed by atoms with van der Waals surface area (Å²) >= 11 is 0. The molecule has 110 valence electrons. The van der Waals surface area contributed by atoms with Gasteiger partial charge in [-0.3, -0.25) is 4.79 Å². The largest absolute Gasteiger partial charge is 0.396 e. The van der Waals surface area contributed by atoms with Gasteiger partial charge in [0.05, 0.1) is 6.04 Å². The van der Waals surface area contributed by atoms with Gasteiger partial charge >= 0.3 is 0 Å². The van der Waals surface area contributed by atoms with Crippen LogP contribution in [0.15, 0.2) is 30.3 Å². The second-order valence-corrected chi connectivity index (χ2v) is 5.58. The number of carbonyl (C=O) groups is 1. The van der Waals surface area contributed by atoms with Gasteiger partial charge in [-0.05, 0) is 37.2 Å². The molecule has 0 aromatic heterocycles. The van der Waals surface area contributed by atoms with Crippen LogP contribution >= 0.6 is 0 Å². The van der Waals surface area contributed by atoms with Crippen LogP contribution in [0.1, 0.15) is 24.8 Å². The molecule has 1 saturated heterocycles. The fourth-order valence-corrected chi connectivity index (χ4v) is 2.66. The molecule has 0 radical (unpaired) electrons. The highest BCUT2D eigenvalue weighted by atomic mass is 16.3. The van der Waals surface area contributed by atoms with Gasteiger partial charge in [-0.15, -0.1) is 0 Å². The summed E-state index contributed by atoms with van der Waals surface area (Å²) in [5.74, 6) is 0.400. The van der Waals surface area contributed by atoms with Gasteiger partial charge in [0.1, 0.15) is 0 Å². The molecule has 1 atom stereocenters. The van der Waals surface area contributed by atoms with Crippen molar-refractivity contribution in [1.29, 1.82) is 0 Å². The zero-order valence-corrected chi connectivity index (χ0v) is 11.9. The van der Waals surface area contributed by atoms with E-state index in [1.807, 2.05) is 23.1 Å². The van der Waals surface area contributed by atoms with Crippen molar-refractivity contribution in [2.45, 2.75) is 31.7 Å². The van der Waals surface area contributed by atoms with Crippen LogP contribution in [-0.2, 0) is 11.2 Å². The molecule has 2 rings (SSSR count). The minimum absolute atomic E-state index is 0.0531. The molecule has 1 amide bonds. The van der Waals surface area contributed by atoms with Gasteiger partial charge in [-0.1, -0.05) is 30.3 Å². The molecule has 1 fully saturated rings. The molecule has 0 bridgehead atoms. The summed E-state index contributed by atoms with van der Waals surface area (Å²) in [6.07, 6.45) is 3.28. The number of nitrogens with zero attached hydrogens (tertiary/aromatic N) is 1. The van der Waals surface area contributed by atoms with Crippen molar-refractivity contribution < 1.29 is 9.90 Å². The van der Waals surface area contributed by atoms with E-state index in [1.54, 1.807) is 0 Å². The van der Waals surface area contributed by atoms with Crippen LogP contribution in [0.25, 0.3) is 0 Å². The summed E-state index contributed by atoms with van der Waals surface area (Å²) in [5, 5.41) is 9.11. The Kier molecular flexibility index (Phi) is 5.56. The Morgan fingerprint density at radius 1 is 1.30 bits per heavy atom. The molecule has 1 aliphatic rings. The van der Waals surface area contributed by atoms with E-state index in [4.69, 9.17) is 10.8 Å². The fraction of sp³-hybridized carbons (Fsp3) is 0.562. The normalized spacial score (nSPS) is 18.0.